The van der Waals surface area contributed by atoms with Crippen molar-refractivity contribution in [3.8, 4) is 0 Å². The Morgan fingerprint density at radius 3 is 1.35 bits per heavy atom. The molecular weight excluding hydrogens is 260 g/mol. The van der Waals surface area contributed by atoms with Gasteiger partial charge in [0, 0.05) is 13.1 Å². The average Bonchev–Trinajstić information content (AvgIpc) is 3.06. The average molecular weight is 286 g/mol. The molecule has 2 aliphatic heterocycles. The minimum Gasteiger partial charge on any atom is -0.469 e. The van der Waals surface area contributed by atoms with Crippen molar-refractivity contribution in [2.75, 3.05) is 40.4 Å². The maximum absolute atomic E-state index is 11.0. The molecule has 4 atom stereocenters. The molecule has 0 aromatic heterocycles. The minimum absolute atomic E-state index is 0.0741. The van der Waals surface area contributed by atoms with Crippen molar-refractivity contribution in [3.63, 3.8) is 0 Å². The lowest BCUT2D eigenvalue weighted by Crippen LogP contribution is -2.22. The maximum Gasteiger partial charge on any atom is 0.310 e. The molecule has 0 aromatic rings. The molecule has 0 amide bonds. The molecule has 0 unspecified atom stereocenters. The van der Waals surface area contributed by atoms with Gasteiger partial charge < -0.3 is 20.1 Å². The molecular formula is C14H26N2O4. The lowest BCUT2D eigenvalue weighted by atomic mass is 9.99. The molecule has 2 rings (SSSR count). The zero-order chi connectivity index (χ0) is 15.1. The zero-order valence-corrected chi connectivity index (χ0v) is 12.8. The summed E-state index contributed by atoms with van der Waals surface area (Å²) < 4.78 is 9.25. The van der Waals surface area contributed by atoms with Crippen LogP contribution in [0.5, 0.6) is 0 Å². The molecule has 6 heteroatoms. The summed E-state index contributed by atoms with van der Waals surface area (Å²) >= 11 is 0. The Hall–Kier alpha value is -1.14. The summed E-state index contributed by atoms with van der Waals surface area (Å²) in [6.45, 7) is 7.52. The molecule has 2 heterocycles. The first-order chi connectivity index (χ1) is 9.51. The molecule has 20 heavy (non-hydrogen) atoms. The molecule has 2 fully saturated rings. The number of hydrogen-bond acceptors (Lipinski definition) is 6. The molecule has 0 radical (unpaired) electrons. The van der Waals surface area contributed by atoms with E-state index in [1.807, 2.05) is 0 Å². The van der Waals surface area contributed by atoms with Crippen molar-refractivity contribution in [2.24, 2.45) is 23.7 Å². The van der Waals surface area contributed by atoms with Gasteiger partial charge in [0.2, 0.25) is 0 Å². The molecule has 0 aliphatic carbocycles. The van der Waals surface area contributed by atoms with Crippen LogP contribution in [-0.2, 0) is 19.1 Å². The highest BCUT2D eigenvalue weighted by Gasteiger charge is 2.30. The lowest BCUT2D eigenvalue weighted by Gasteiger charge is -2.09. The monoisotopic (exact) mass is 286 g/mol. The van der Waals surface area contributed by atoms with Crippen molar-refractivity contribution < 1.29 is 19.1 Å². The Kier molecular flexibility index (Phi) is 6.95. The van der Waals surface area contributed by atoms with Crippen molar-refractivity contribution >= 4 is 11.9 Å². The van der Waals surface area contributed by atoms with Crippen LogP contribution in [0.2, 0.25) is 0 Å². The van der Waals surface area contributed by atoms with Crippen LogP contribution in [-0.4, -0.2) is 52.3 Å². The number of carbonyl (C=O) groups excluding carboxylic acids is 2. The fourth-order valence-corrected chi connectivity index (χ4v) is 2.55. The van der Waals surface area contributed by atoms with Crippen LogP contribution in [0.4, 0.5) is 0 Å². The highest BCUT2D eigenvalue weighted by molar-refractivity contribution is 5.73. The smallest absolute Gasteiger partial charge is 0.310 e. The van der Waals surface area contributed by atoms with Crippen molar-refractivity contribution in [2.45, 2.75) is 13.8 Å². The predicted octanol–water partition coefficient (Wildman–Crippen LogP) is 0.0298. The van der Waals surface area contributed by atoms with Crippen LogP contribution in [0.25, 0.3) is 0 Å². The molecule has 0 spiro atoms. The largest absolute Gasteiger partial charge is 0.469 e. The van der Waals surface area contributed by atoms with Gasteiger partial charge in [0.05, 0.1) is 26.1 Å². The summed E-state index contributed by atoms with van der Waals surface area (Å²) in [5.74, 6) is 0.824. The van der Waals surface area contributed by atoms with E-state index in [1.165, 1.54) is 14.2 Å². The molecule has 116 valence electrons. The standard InChI is InChI=1S/2C7H13NO2/c2*1-5-3-8-4-6(5)7(9)10-2/h2*5-6,8H,3-4H2,1-2H3/t2*5-,6-/m10/s1. The summed E-state index contributed by atoms with van der Waals surface area (Å²) in [7, 11) is 2.88. The van der Waals surface area contributed by atoms with Gasteiger partial charge in [0.25, 0.3) is 0 Å². The summed E-state index contributed by atoms with van der Waals surface area (Å²) in [6, 6.07) is 0. The number of carbonyl (C=O) groups is 2. The first kappa shape index (κ1) is 16.9. The van der Waals surface area contributed by atoms with E-state index in [2.05, 4.69) is 34.0 Å². The first-order valence-corrected chi connectivity index (χ1v) is 7.08. The van der Waals surface area contributed by atoms with Gasteiger partial charge in [-0.15, -0.1) is 0 Å². The fourth-order valence-electron chi connectivity index (χ4n) is 2.55. The number of ether oxygens (including phenoxy) is 2. The predicted molar refractivity (Wildman–Crippen MR) is 75.1 cm³/mol. The van der Waals surface area contributed by atoms with E-state index in [9.17, 15) is 9.59 Å². The summed E-state index contributed by atoms with van der Waals surface area (Å²) in [5.41, 5.74) is 0. The third-order valence-corrected chi connectivity index (χ3v) is 4.04. The van der Waals surface area contributed by atoms with Gasteiger partial charge in [-0.2, -0.15) is 0 Å². The molecule has 0 aromatic carbocycles. The lowest BCUT2D eigenvalue weighted by molar-refractivity contribution is -0.146. The molecule has 2 aliphatic rings. The van der Waals surface area contributed by atoms with Gasteiger partial charge in [-0.1, -0.05) is 13.8 Å². The second-order valence-corrected chi connectivity index (χ2v) is 5.53. The van der Waals surface area contributed by atoms with Gasteiger partial charge >= 0.3 is 11.9 Å². The Labute approximate surface area is 120 Å². The van der Waals surface area contributed by atoms with Gasteiger partial charge in [-0.3, -0.25) is 9.59 Å². The topological polar surface area (TPSA) is 76.7 Å². The molecule has 2 N–H and O–H groups in total. The third kappa shape index (κ3) is 4.45. The third-order valence-electron chi connectivity index (χ3n) is 4.04. The summed E-state index contributed by atoms with van der Waals surface area (Å²) in [4.78, 5) is 21.9. The van der Waals surface area contributed by atoms with E-state index in [0.717, 1.165) is 26.2 Å². The van der Waals surface area contributed by atoms with Crippen molar-refractivity contribution in [1.29, 1.82) is 0 Å². The highest BCUT2D eigenvalue weighted by Crippen LogP contribution is 2.17. The van der Waals surface area contributed by atoms with Crippen LogP contribution in [0.15, 0.2) is 0 Å². The number of hydrogen-bond donors (Lipinski definition) is 2. The number of rotatable bonds is 2. The fraction of sp³-hybridized carbons (Fsp3) is 0.857. The Morgan fingerprint density at radius 2 is 1.15 bits per heavy atom. The zero-order valence-electron chi connectivity index (χ0n) is 12.8. The number of methoxy groups -OCH3 is 2. The van der Waals surface area contributed by atoms with Crippen molar-refractivity contribution in [1.82, 2.24) is 10.6 Å². The quantitative estimate of drug-likeness (QED) is 0.698. The summed E-state index contributed by atoms with van der Waals surface area (Å²) in [5, 5.41) is 6.27. The van der Waals surface area contributed by atoms with Crippen LogP contribution in [0, 0.1) is 23.7 Å². The molecule has 6 nitrogen and oxygen atoms in total. The van der Waals surface area contributed by atoms with Gasteiger partial charge in [0.15, 0.2) is 0 Å². The second-order valence-electron chi connectivity index (χ2n) is 5.53. The number of nitrogens with one attached hydrogen (secondary N) is 2. The Bertz CT molecular complexity index is 303. The second kappa shape index (κ2) is 8.21. The van der Waals surface area contributed by atoms with E-state index in [0.29, 0.717) is 11.8 Å². The molecule has 0 bridgehead atoms. The van der Waals surface area contributed by atoms with E-state index >= 15 is 0 Å². The highest BCUT2D eigenvalue weighted by atomic mass is 16.5. The molecule has 0 saturated carbocycles. The SMILES string of the molecule is COC(=O)[C@@H]1CNC[C@H]1C.COC(=O)[C@H]1CNC[C@@H]1C. The van der Waals surface area contributed by atoms with Gasteiger partial charge in [0.1, 0.15) is 0 Å². The summed E-state index contributed by atoms with van der Waals surface area (Å²) in [6.07, 6.45) is 0. The maximum atomic E-state index is 11.0. The van der Waals surface area contributed by atoms with Crippen molar-refractivity contribution in [3.05, 3.63) is 0 Å². The van der Waals surface area contributed by atoms with Crippen LogP contribution < -0.4 is 10.6 Å². The van der Waals surface area contributed by atoms with E-state index in [1.54, 1.807) is 0 Å². The first-order valence-electron chi connectivity index (χ1n) is 7.08. The van der Waals surface area contributed by atoms with Crippen LogP contribution in [0.1, 0.15) is 13.8 Å². The Morgan fingerprint density at radius 1 is 0.800 bits per heavy atom. The number of esters is 2. The van der Waals surface area contributed by atoms with E-state index < -0.39 is 0 Å². The Balaban J connectivity index is 0.000000200. The van der Waals surface area contributed by atoms with Crippen LogP contribution >= 0.6 is 0 Å². The van der Waals surface area contributed by atoms with Gasteiger partial charge in [-0.25, -0.2) is 0 Å². The normalized spacial score (nSPS) is 32.2. The van der Waals surface area contributed by atoms with E-state index in [-0.39, 0.29) is 23.8 Å². The van der Waals surface area contributed by atoms with Crippen LogP contribution in [0.3, 0.4) is 0 Å². The minimum atomic E-state index is -0.0856. The van der Waals surface area contributed by atoms with E-state index in [4.69, 9.17) is 0 Å². The molecule has 2 saturated heterocycles. The van der Waals surface area contributed by atoms with Gasteiger partial charge in [-0.05, 0) is 24.9 Å².